The molecule has 0 radical (unpaired) electrons. The molecule has 0 aliphatic carbocycles. The molecule has 2 unspecified atom stereocenters. The Hall–Kier alpha value is -0.0300. The zero-order valence-electron chi connectivity index (χ0n) is 10.5. The number of thioether (sulfide) groups is 1. The van der Waals surface area contributed by atoms with E-state index in [2.05, 4.69) is 26.0 Å². The summed E-state index contributed by atoms with van der Waals surface area (Å²) in [5.74, 6) is 0. The molecule has 0 amide bonds. The molecule has 1 aromatic heterocycles. The predicted molar refractivity (Wildman–Crippen MR) is 76.9 cm³/mol. The quantitative estimate of drug-likeness (QED) is 0.912. The SMILES string of the molecule is Cc1ccc(C(SC2CCOCC2)C(C)N)s1. The number of nitrogens with two attached hydrogens (primary N) is 1. The van der Waals surface area contributed by atoms with Crippen molar-refractivity contribution in [1.29, 1.82) is 0 Å². The van der Waals surface area contributed by atoms with Crippen LogP contribution in [0.5, 0.6) is 0 Å². The minimum absolute atomic E-state index is 0.209. The van der Waals surface area contributed by atoms with Gasteiger partial charge in [-0.1, -0.05) is 0 Å². The van der Waals surface area contributed by atoms with E-state index in [1.807, 2.05) is 23.1 Å². The van der Waals surface area contributed by atoms with Crippen LogP contribution in [-0.4, -0.2) is 24.5 Å². The van der Waals surface area contributed by atoms with Gasteiger partial charge in [-0.2, -0.15) is 0 Å². The average molecular weight is 271 g/mol. The molecule has 1 aromatic rings. The van der Waals surface area contributed by atoms with Gasteiger partial charge in [-0.25, -0.2) is 0 Å². The lowest BCUT2D eigenvalue weighted by Gasteiger charge is -2.27. The highest BCUT2D eigenvalue weighted by Crippen LogP contribution is 2.40. The Bertz CT molecular complexity index is 345. The third-order valence-corrected chi connectivity index (χ3v) is 6.09. The third-order valence-electron chi connectivity index (χ3n) is 3.03. The molecule has 17 heavy (non-hydrogen) atoms. The Morgan fingerprint density at radius 2 is 2.12 bits per heavy atom. The highest BCUT2D eigenvalue weighted by molar-refractivity contribution is 8.00. The van der Waals surface area contributed by atoms with E-state index in [4.69, 9.17) is 10.5 Å². The summed E-state index contributed by atoms with van der Waals surface area (Å²) in [5, 5.41) is 1.15. The highest BCUT2D eigenvalue weighted by Gasteiger charge is 2.24. The van der Waals surface area contributed by atoms with E-state index in [-0.39, 0.29) is 6.04 Å². The summed E-state index contributed by atoms with van der Waals surface area (Å²) in [6.07, 6.45) is 2.33. The van der Waals surface area contributed by atoms with Crippen LogP contribution in [0.1, 0.15) is 34.8 Å². The van der Waals surface area contributed by atoms with Gasteiger partial charge < -0.3 is 10.5 Å². The van der Waals surface area contributed by atoms with E-state index >= 15 is 0 Å². The van der Waals surface area contributed by atoms with Crippen LogP contribution in [0.25, 0.3) is 0 Å². The summed E-state index contributed by atoms with van der Waals surface area (Å²) in [4.78, 5) is 2.80. The van der Waals surface area contributed by atoms with Gasteiger partial charge in [0.15, 0.2) is 0 Å². The topological polar surface area (TPSA) is 35.2 Å². The molecule has 1 fully saturated rings. The van der Waals surface area contributed by atoms with Crippen LogP contribution in [0.2, 0.25) is 0 Å². The van der Waals surface area contributed by atoms with Gasteiger partial charge in [0, 0.05) is 34.3 Å². The highest BCUT2D eigenvalue weighted by atomic mass is 32.2. The molecule has 2 nitrogen and oxygen atoms in total. The van der Waals surface area contributed by atoms with E-state index < -0.39 is 0 Å². The van der Waals surface area contributed by atoms with Crippen LogP contribution in [0.3, 0.4) is 0 Å². The van der Waals surface area contributed by atoms with Crippen molar-refractivity contribution in [2.45, 2.75) is 43.2 Å². The first-order chi connectivity index (χ1) is 8.16. The van der Waals surface area contributed by atoms with E-state index in [1.165, 1.54) is 9.75 Å². The maximum atomic E-state index is 6.15. The Morgan fingerprint density at radius 1 is 1.41 bits per heavy atom. The first-order valence-corrected chi connectivity index (χ1v) is 7.98. The first-order valence-electron chi connectivity index (χ1n) is 6.22. The van der Waals surface area contributed by atoms with Crippen LogP contribution in [-0.2, 0) is 4.74 Å². The number of aryl methyl sites for hydroxylation is 1. The summed E-state index contributed by atoms with van der Waals surface area (Å²) in [6, 6.07) is 4.64. The van der Waals surface area contributed by atoms with Gasteiger partial charge in [0.25, 0.3) is 0 Å². The van der Waals surface area contributed by atoms with E-state index in [0.717, 1.165) is 26.1 Å². The maximum absolute atomic E-state index is 6.15. The van der Waals surface area contributed by atoms with Crippen molar-refractivity contribution in [3.05, 3.63) is 21.9 Å². The Balaban J connectivity index is 2.01. The van der Waals surface area contributed by atoms with Crippen molar-refractivity contribution < 1.29 is 4.74 Å². The van der Waals surface area contributed by atoms with Crippen molar-refractivity contribution in [2.24, 2.45) is 5.73 Å². The first kappa shape index (κ1) is 13.4. The molecule has 1 aliphatic heterocycles. The van der Waals surface area contributed by atoms with E-state index in [9.17, 15) is 0 Å². The molecular weight excluding hydrogens is 250 g/mol. The predicted octanol–water partition coefficient (Wildman–Crippen LogP) is 3.36. The molecule has 0 bridgehead atoms. The van der Waals surface area contributed by atoms with Crippen molar-refractivity contribution in [3.8, 4) is 0 Å². The number of hydrogen-bond acceptors (Lipinski definition) is 4. The van der Waals surface area contributed by atoms with Crippen molar-refractivity contribution in [1.82, 2.24) is 0 Å². The average Bonchev–Trinajstić information content (AvgIpc) is 2.73. The zero-order valence-corrected chi connectivity index (χ0v) is 12.2. The lowest BCUT2D eigenvalue weighted by Crippen LogP contribution is -2.26. The molecule has 0 saturated carbocycles. The molecule has 1 aliphatic rings. The molecule has 96 valence electrons. The van der Waals surface area contributed by atoms with Gasteiger partial charge in [0.05, 0.1) is 5.25 Å². The van der Waals surface area contributed by atoms with E-state index in [0.29, 0.717) is 10.5 Å². The summed E-state index contributed by atoms with van der Waals surface area (Å²) >= 11 is 3.93. The largest absolute Gasteiger partial charge is 0.381 e. The number of ether oxygens (including phenoxy) is 1. The maximum Gasteiger partial charge on any atom is 0.0542 e. The van der Waals surface area contributed by atoms with Crippen molar-refractivity contribution >= 4 is 23.1 Å². The summed E-state index contributed by atoms with van der Waals surface area (Å²) in [7, 11) is 0. The molecule has 2 N–H and O–H groups in total. The van der Waals surface area contributed by atoms with Crippen molar-refractivity contribution in [3.63, 3.8) is 0 Å². The Kier molecular flexibility index (Phi) is 4.91. The molecule has 2 rings (SSSR count). The number of thiophene rings is 1. The van der Waals surface area contributed by atoms with Crippen LogP contribution in [0, 0.1) is 6.92 Å². The molecule has 2 heterocycles. The molecule has 2 atom stereocenters. The lowest BCUT2D eigenvalue weighted by atomic mass is 10.2. The second-order valence-electron chi connectivity index (χ2n) is 4.68. The Labute approximate surface area is 112 Å². The van der Waals surface area contributed by atoms with Gasteiger partial charge in [-0.05, 0) is 38.8 Å². The minimum atomic E-state index is 0.209. The fourth-order valence-electron chi connectivity index (χ4n) is 2.08. The van der Waals surface area contributed by atoms with Gasteiger partial charge in [-0.15, -0.1) is 23.1 Å². The fourth-order valence-corrected chi connectivity index (χ4v) is 4.70. The fraction of sp³-hybridized carbons (Fsp3) is 0.692. The third kappa shape index (κ3) is 3.71. The summed E-state index contributed by atoms with van der Waals surface area (Å²) < 4.78 is 5.41. The molecular formula is C13H21NOS2. The molecule has 0 spiro atoms. The molecule has 4 heteroatoms. The Morgan fingerprint density at radius 3 is 2.65 bits per heavy atom. The molecule has 1 saturated heterocycles. The van der Waals surface area contributed by atoms with Gasteiger partial charge in [0.2, 0.25) is 0 Å². The second-order valence-corrected chi connectivity index (χ2v) is 7.44. The van der Waals surface area contributed by atoms with E-state index in [1.54, 1.807) is 0 Å². The van der Waals surface area contributed by atoms with Gasteiger partial charge >= 0.3 is 0 Å². The lowest BCUT2D eigenvalue weighted by molar-refractivity contribution is 0.0999. The van der Waals surface area contributed by atoms with Crippen LogP contribution in [0.4, 0.5) is 0 Å². The standard InChI is InChI=1S/C13H21NOS2/c1-9-3-4-12(16-9)13(10(2)14)17-11-5-7-15-8-6-11/h3-4,10-11,13H,5-8,14H2,1-2H3. The van der Waals surface area contributed by atoms with Crippen LogP contribution < -0.4 is 5.73 Å². The summed E-state index contributed by atoms with van der Waals surface area (Å²) in [5.41, 5.74) is 6.15. The number of rotatable bonds is 4. The second kappa shape index (κ2) is 6.23. The zero-order chi connectivity index (χ0) is 12.3. The smallest absolute Gasteiger partial charge is 0.0542 e. The molecule has 0 aromatic carbocycles. The van der Waals surface area contributed by atoms with Gasteiger partial charge in [-0.3, -0.25) is 0 Å². The van der Waals surface area contributed by atoms with Crippen LogP contribution >= 0.6 is 23.1 Å². The van der Waals surface area contributed by atoms with Crippen molar-refractivity contribution in [2.75, 3.05) is 13.2 Å². The normalized spacial score (nSPS) is 21.4. The van der Waals surface area contributed by atoms with Crippen LogP contribution in [0.15, 0.2) is 12.1 Å². The minimum Gasteiger partial charge on any atom is -0.381 e. The monoisotopic (exact) mass is 271 g/mol. The van der Waals surface area contributed by atoms with Gasteiger partial charge in [0.1, 0.15) is 0 Å². The number of hydrogen-bond donors (Lipinski definition) is 1. The summed E-state index contributed by atoms with van der Waals surface area (Å²) in [6.45, 7) is 6.09.